The summed E-state index contributed by atoms with van der Waals surface area (Å²) in [5.74, 6) is -0.0756. The van der Waals surface area contributed by atoms with Crippen LogP contribution in [0.5, 0.6) is 0 Å². The average molecular weight is 270 g/mol. The summed E-state index contributed by atoms with van der Waals surface area (Å²) in [6, 6.07) is 0. The van der Waals surface area contributed by atoms with Crippen molar-refractivity contribution in [2.45, 2.75) is 39.2 Å². The van der Waals surface area contributed by atoms with Crippen LogP contribution in [0.4, 0.5) is 0 Å². The number of unbranched alkanes of at least 4 members (excludes halogenated alkanes) is 2. The molecule has 4 nitrogen and oxygen atoms in total. The number of hydrogen-bond donors (Lipinski definition) is 0. The van der Waals surface area contributed by atoms with Crippen LogP contribution in [-0.4, -0.2) is 36.1 Å². The van der Waals surface area contributed by atoms with E-state index in [2.05, 4.69) is 22.3 Å². The van der Waals surface area contributed by atoms with Crippen molar-refractivity contribution in [3.8, 4) is 0 Å². The fourth-order valence-corrected chi connectivity index (χ4v) is 2.28. The van der Waals surface area contributed by atoms with Crippen LogP contribution >= 0.6 is 11.3 Å². The molecule has 0 aromatic carbocycles. The van der Waals surface area contributed by atoms with E-state index in [1.54, 1.807) is 11.3 Å². The second kappa shape index (κ2) is 9.05. The van der Waals surface area contributed by atoms with Crippen molar-refractivity contribution in [3.63, 3.8) is 0 Å². The molecule has 0 aliphatic rings. The number of rotatable bonds is 9. The molecule has 5 heteroatoms. The second-order valence-electron chi connectivity index (χ2n) is 4.33. The van der Waals surface area contributed by atoms with Crippen molar-refractivity contribution < 1.29 is 9.53 Å². The van der Waals surface area contributed by atoms with Crippen LogP contribution in [0.25, 0.3) is 0 Å². The SMILES string of the molecule is CCOC(=O)CCCCCN(C)Cc1cscn1. The molecule has 18 heavy (non-hydrogen) atoms. The summed E-state index contributed by atoms with van der Waals surface area (Å²) in [6.45, 7) is 4.27. The molecule has 0 aliphatic carbocycles. The van der Waals surface area contributed by atoms with Gasteiger partial charge in [0.05, 0.1) is 17.8 Å². The minimum Gasteiger partial charge on any atom is -0.466 e. The summed E-state index contributed by atoms with van der Waals surface area (Å²) < 4.78 is 4.88. The molecule has 0 saturated heterocycles. The Balaban J connectivity index is 1.99. The Hall–Kier alpha value is -0.940. The molecule has 1 aromatic heterocycles. The molecule has 0 bridgehead atoms. The summed E-state index contributed by atoms with van der Waals surface area (Å²) in [7, 11) is 2.10. The Kier molecular flexibility index (Phi) is 7.60. The average Bonchev–Trinajstić information content (AvgIpc) is 2.81. The predicted molar refractivity (Wildman–Crippen MR) is 73.5 cm³/mol. The fourth-order valence-electron chi connectivity index (χ4n) is 1.73. The van der Waals surface area contributed by atoms with Crippen LogP contribution < -0.4 is 0 Å². The lowest BCUT2D eigenvalue weighted by molar-refractivity contribution is -0.143. The highest BCUT2D eigenvalue weighted by Gasteiger charge is 2.03. The van der Waals surface area contributed by atoms with Crippen molar-refractivity contribution in [3.05, 3.63) is 16.6 Å². The number of aromatic nitrogens is 1. The van der Waals surface area contributed by atoms with Crippen LogP contribution in [-0.2, 0) is 16.1 Å². The monoisotopic (exact) mass is 270 g/mol. The van der Waals surface area contributed by atoms with Gasteiger partial charge in [-0.3, -0.25) is 4.79 Å². The molecule has 0 amide bonds. The topological polar surface area (TPSA) is 42.4 Å². The van der Waals surface area contributed by atoms with E-state index < -0.39 is 0 Å². The summed E-state index contributed by atoms with van der Waals surface area (Å²) in [6.07, 6.45) is 3.65. The van der Waals surface area contributed by atoms with Crippen LogP contribution in [0.15, 0.2) is 10.9 Å². The first-order chi connectivity index (χ1) is 8.72. The van der Waals surface area contributed by atoms with Crippen LogP contribution in [0, 0.1) is 0 Å². The third kappa shape index (κ3) is 6.71. The van der Waals surface area contributed by atoms with E-state index in [9.17, 15) is 4.79 Å². The first-order valence-electron chi connectivity index (χ1n) is 6.43. The van der Waals surface area contributed by atoms with Gasteiger partial charge in [0, 0.05) is 18.3 Å². The molecule has 0 atom stereocenters. The summed E-state index contributed by atoms with van der Waals surface area (Å²) in [5, 5.41) is 2.08. The zero-order chi connectivity index (χ0) is 13.2. The van der Waals surface area contributed by atoms with E-state index >= 15 is 0 Å². The number of nitrogens with zero attached hydrogens (tertiary/aromatic N) is 2. The second-order valence-corrected chi connectivity index (χ2v) is 5.05. The van der Waals surface area contributed by atoms with Gasteiger partial charge in [-0.1, -0.05) is 6.42 Å². The lowest BCUT2D eigenvalue weighted by atomic mass is 10.2. The molecule has 1 rings (SSSR count). The Morgan fingerprint density at radius 2 is 2.28 bits per heavy atom. The van der Waals surface area contributed by atoms with Gasteiger partial charge in [-0.05, 0) is 33.4 Å². The predicted octanol–water partition coefficient (Wildman–Crippen LogP) is 2.70. The molecule has 0 spiro atoms. The van der Waals surface area contributed by atoms with Crippen molar-refractivity contribution in [2.24, 2.45) is 0 Å². The Morgan fingerprint density at radius 1 is 1.44 bits per heavy atom. The fraction of sp³-hybridized carbons (Fsp3) is 0.692. The number of thiazole rings is 1. The highest BCUT2D eigenvalue weighted by atomic mass is 32.1. The zero-order valence-electron chi connectivity index (χ0n) is 11.2. The summed E-state index contributed by atoms with van der Waals surface area (Å²) >= 11 is 1.63. The van der Waals surface area contributed by atoms with Gasteiger partial charge in [0.15, 0.2) is 0 Å². The third-order valence-corrected chi connectivity index (χ3v) is 3.28. The normalized spacial score (nSPS) is 10.8. The quantitative estimate of drug-likeness (QED) is 0.511. The Labute approximate surface area is 113 Å². The molecule has 0 radical (unpaired) electrons. The van der Waals surface area contributed by atoms with Gasteiger partial charge in [0.25, 0.3) is 0 Å². The molecule has 1 aromatic rings. The van der Waals surface area contributed by atoms with Crippen LogP contribution in [0.2, 0.25) is 0 Å². The van der Waals surface area contributed by atoms with Crippen LogP contribution in [0.3, 0.4) is 0 Å². The van der Waals surface area contributed by atoms with Gasteiger partial charge in [-0.2, -0.15) is 0 Å². The largest absolute Gasteiger partial charge is 0.466 e. The van der Waals surface area contributed by atoms with E-state index in [0.29, 0.717) is 13.0 Å². The smallest absolute Gasteiger partial charge is 0.305 e. The first kappa shape index (κ1) is 15.1. The van der Waals surface area contributed by atoms with Crippen molar-refractivity contribution in [1.82, 2.24) is 9.88 Å². The Bertz CT molecular complexity index is 328. The van der Waals surface area contributed by atoms with Gasteiger partial charge in [-0.15, -0.1) is 11.3 Å². The van der Waals surface area contributed by atoms with Crippen LogP contribution in [0.1, 0.15) is 38.3 Å². The molecule has 102 valence electrons. The third-order valence-electron chi connectivity index (χ3n) is 2.64. The first-order valence-corrected chi connectivity index (χ1v) is 7.38. The minimum absolute atomic E-state index is 0.0756. The zero-order valence-corrected chi connectivity index (χ0v) is 12.0. The van der Waals surface area contributed by atoms with E-state index in [-0.39, 0.29) is 5.97 Å². The van der Waals surface area contributed by atoms with Gasteiger partial charge in [0.2, 0.25) is 0 Å². The van der Waals surface area contributed by atoms with Crippen molar-refractivity contribution >= 4 is 17.3 Å². The number of hydrogen-bond acceptors (Lipinski definition) is 5. The van der Waals surface area contributed by atoms with Crippen molar-refractivity contribution in [1.29, 1.82) is 0 Å². The maximum absolute atomic E-state index is 11.1. The number of ether oxygens (including phenoxy) is 1. The summed E-state index contributed by atoms with van der Waals surface area (Å²) in [4.78, 5) is 17.6. The standard InChI is InChI=1S/C13H22N2O2S/c1-3-17-13(16)7-5-4-6-8-15(2)9-12-10-18-11-14-12/h10-11H,3-9H2,1-2H3. The van der Waals surface area contributed by atoms with E-state index in [0.717, 1.165) is 38.0 Å². The van der Waals surface area contributed by atoms with Gasteiger partial charge in [0.1, 0.15) is 0 Å². The van der Waals surface area contributed by atoms with Gasteiger partial charge in [-0.25, -0.2) is 4.98 Å². The van der Waals surface area contributed by atoms with Gasteiger partial charge < -0.3 is 9.64 Å². The molecular weight excluding hydrogens is 248 g/mol. The number of carbonyl (C=O) groups excluding carboxylic acids is 1. The number of carbonyl (C=O) groups is 1. The van der Waals surface area contributed by atoms with E-state index in [1.807, 2.05) is 12.4 Å². The molecule has 0 N–H and O–H groups in total. The molecular formula is C13H22N2O2S. The summed E-state index contributed by atoms with van der Waals surface area (Å²) in [5.41, 5.74) is 3.00. The highest BCUT2D eigenvalue weighted by Crippen LogP contribution is 2.06. The molecule has 1 heterocycles. The highest BCUT2D eigenvalue weighted by molar-refractivity contribution is 7.07. The Morgan fingerprint density at radius 3 is 2.94 bits per heavy atom. The lowest BCUT2D eigenvalue weighted by Gasteiger charge is -2.14. The molecule has 0 saturated carbocycles. The molecule has 0 aliphatic heterocycles. The maximum Gasteiger partial charge on any atom is 0.305 e. The minimum atomic E-state index is -0.0756. The van der Waals surface area contributed by atoms with E-state index in [1.165, 1.54) is 0 Å². The number of esters is 1. The van der Waals surface area contributed by atoms with Crippen molar-refractivity contribution in [2.75, 3.05) is 20.2 Å². The lowest BCUT2D eigenvalue weighted by Crippen LogP contribution is -2.19. The van der Waals surface area contributed by atoms with E-state index in [4.69, 9.17) is 4.74 Å². The van der Waals surface area contributed by atoms with Gasteiger partial charge >= 0.3 is 5.97 Å². The maximum atomic E-state index is 11.1. The molecule has 0 fully saturated rings. The molecule has 0 unspecified atom stereocenters.